The molecule has 2 aromatic carbocycles. The second-order valence-corrected chi connectivity index (χ2v) is 11.4. The van der Waals surface area contributed by atoms with Crippen molar-refractivity contribution < 1.29 is 32.4 Å². The van der Waals surface area contributed by atoms with Crippen LogP contribution < -0.4 is 5.32 Å². The van der Waals surface area contributed by atoms with Crippen LogP contribution >= 0.6 is 58.0 Å². The van der Waals surface area contributed by atoms with Crippen molar-refractivity contribution in [2.24, 2.45) is 11.8 Å². The van der Waals surface area contributed by atoms with Crippen molar-refractivity contribution in [3.8, 4) is 0 Å². The summed E-state index contributed by atoms with van der Waals surface area (Å²) < 4.78 is 36.3. The molecule has 3 unspecified atom stereocenters. The first kappa shape index (κ1) is 28.3. The molecule has 1 N–H and O–H groups in total. The summed E-state index contributed by atoms with van der Waals surface area (Å²) in [5, 5.41) is 3.57. The molecule has 14 heteroatoms. The topological polar surface area (TPSA) is 75.7 Å². The Balaban J connectivity index is 1.44. The molecule has 2 fully saturated rings. The van der Waals surface area contributed by atoms with Gasteiger partial charge in [0.05, 0.1) is 23.5 Å². The molecule has 3 atom stereocenters. The largest absolute Gasteiger partial charge is 0.408 e. The summed E-state index contributed by atoms with van der Waals surface area (Å²) >= 11 is 31.0. The van der Waals surface area contributed by atoms with Gasteiger partial charge in [-0.25, -0.2) is 5.06 Å². The molecule has 0 radical (unpaired) electrons. The van der Waals surface area contributed by atoms with Gasteiger partial charge in [-0.2, -0.15) is 13.2 Å². The highest BCUT2D eigenvalue weighted by molar-refractivity contribution is 6.53. The third-order valence-electron chi connectivity index (χ3n) is 5.90. The normalized spacial score (nSPS) is 22.8. The molecule has 0 bridgehead atoms. The summed E-state index contributed by atoms with van der Waals surface area (Å²) in [4.78, 5) is 42.8. The minimum absolute atomic E-state index is 0.0291. The second kappa shape index (κ2) is 10.4. The predicted molar refractivity (Wildman–Crippen MR) is 133 cm³/mol. The number of hydrogen-bond donors (Lipinski definition) is 1. The Bertz CT molecular complexity index is 1250. The molecule has 6 nitrogen and oxygen atoms in total. The predicted octanol–water partition coefficient (Wildman–Crippen LogP) is 6.70. The molecule has 1 heterocycles. The molecule has 1 aliphatic heterocycles. The molecular weight excluding hydrogens is 603 g/mol. The van der Waals surface area contributed by atoms with Gasteiger partial charge in [0.15, 0.2) is 5.78 Å². The van der Waals surface area contributed by atoms with Crippen LogP contribution in [0, 0.1) is 11.8 Å². The third-order valence-corrected chi connectivity index (χ3v) is 7.60. The Labute approximate surface area is 233 Å². The summed E-state index contributed by atoms with van der Waals surface area (Å²) in [7, 11) is 0. The van der Waals surface area contributed by atoms with E-state index in [1.54, 1.807) is 12.1 Å². The number of Topliss-reactive ketones (excluding diaryl/α,β-unsaturated/α-hetero) is 1. The highest BCUT2D eigenvalue weighted by Crippen LogP contribution is 2.65. The van der Waals surface area contributed by atoms with Gasteiger partial charge in [0.2, 0.25) is 5.91 Å². The third kappa shape index (κ3) is 6.29. The van der Waals surface area contributed by atoms with E-state index >= 15 is 0 Å². The van der Waals surface area contributed by atoms with E-state index in [1.807, 2.05) is 0 Å². The lowest BCUT2D eigenvalue weighted by atomic mass is 9.98. The van der Waals surface area contributed by atoms with E-state index in [9.17, 15) is 27.6 Å². The molecule has 37 heavy (non-hydrogen) atoms. The van der Waals surface area contributed by atoms with Gasteiger partial charge in [0, 0.05) is 33.6 Å². The lowest BCUT2D eigenvalue weighted by molar-refractivity contribution is -0.214. The van der Waals surface area contributed by atoms with Crippen LogP contribution in [0.5, 0.6) is 0 Å². The van der Waals surface area contributed by atoms with Crippen LogP contribution in [0.3, 0.4) is 0 Å². The summed E-state index contributed by atoms with van der Waals surface area (Å²) in [5.74, 6) is -4.64. The average molecular weight is 619 g/mol. The van der Waals surface area contributed by atoms with Crippen LogP contribution in [0.15, 0.2) is 36.4 Å². The Morgan fingerprint density at radius 3 is 2.35 bits per heavy atom. The van der Waals surface area contributed by atoms with E-state index in [0.717, 1.165) is 0 Å². The highest BCUT2D eigenvalue weighted by Gasteiger charge is 2.67. The fourth-order valence-corrected chi connectivity index (χ4v) is 5.74. The first-order chi connectivity index (χ1) is 17.2. The maximum Gasteiger partial charge on any atom is 0.408 e. The number of alkyl halides is 5. The lowest BCUT2D eigenvalue weighted by Gasteiger charge is -2.16. The number of benzene rings is 2. The van der Waals surface area contributed by atoms with Gasteiger partial charge >= 0.3 is 6.18 Å². The van der Waals surface area contributed by atoms with E-state index < -0.39 is 58.8 Å². The number of halogens is 8. The number of hydrogen-bond acceptors (Lipinski definition) is 4. The second-order valence-electron chi connectivity index (χ2n) is 8.63. The molecule has 4 rings (SSSR count). The number of rotatable bonds is 7. The van der Waals surface area contributed by atoms with Crippen molar-refractivity contribution >= 4 is 81.3 Å². The zero-order valence-electron chi connectivity index (χ0n) is 18.4. The monoisotopic (exact) mass is 616 g/mol. The van der Waals surface area contributed by atoms with Crippen molar-refractivity contribution in [2.75, 3.05) is 18.5 Å². The van der Waals surface area contributed by atoms with Crippen molar-refractivity contribution in [2.45, 2.75) is 22.8 Å². The average Bonchev–Trinajstić information content (AvgIpc) is 3.22. The van der Waals surface area contributed by atoms with E-state index in [1.165, 1.54) is 24.3 Å². The van der Waals surface area contributed by atoms with Crippen molar-refractivity contribution in [3.05, 3.63) is 62.6 Å². The van der Waals surface area contributed by atoms with E-state index in [0.29, 0.717) is 15.6 Å². The van der Waals surface area contributed by atoms with Crippen LogP contribution in [0.25, 0.3) is 0 Å². The van der Waals surface area contributed by atoms with Crippen molar-refractivity contribution in [1.29, 1.82) is 0 Å². The number of carbonyl (C=O) groups is 3. The quantitative estimate of drug-likeness (QED) is 0.277. The van der Waals surface area contributed by atoms with E-state index in [2.05, 4.69) is 5.32 Å². The Morgan fingerprint density at radius 2 is 1.73 bits per heavy atom. The van der Waals surface area contributed by atoms with Gasteiger partial charge in [-0.1, -0.05) is 34.8 Å². The molecule has 2 aliphatic rings. The van der Waals surface area contributed by atoms with Crippen LogP contribution in [0.4, 0.5) is 18.9 Å². The zero-order valence-corrected chi connectivity index (χ0v) is 22.2. The van der Waals surface area contributed by atoms with Gasteiger partial charge in [-0.3, -0.25) is 19.2 Å². The van der Waals surface area contributed by atoms with Gasteiger partial charge in [-0.15, -0.1) is 23.2 Å². The number of carbonyl (C=O) groups excluding carboxylic acids is 3. The molecule has 1 aliphatic carbocycles. The summed E-state index contributed by atoms with van der Waals surface area (Å²) in [6.45, 7) is -1.95. The molecular formula is C23H16Cl5F3N2O4. The van der Waals surface area contributed by atoms with Crippen LogP contribution in [0.1, 0.15) is 28.3 Å². The SMILES string of the molecule is O=C(CC1CON(CC(F)(F)F)C1=O)c1cc(NC(=O)C2C(c3cc(Cl)cc(Cl)c3)C2(Cl)Cl)ccc1Cl. The van der Waals surface area contributed by atoms with Gasteiger partial charge in [0.1, 0.15) is 10.9 Å². The lowest BCUT2D eigenvalue weighted by Crippen LogP contribution is -2.35. The highest BCUT2D eigenvalue weighted by atomic mass is 35.5. The number of amides is 2. The van der Waals surface area contributed by atoms with Crippen molar-refractivity contribution in [1.82, 2.24) is 5.06 Å². The summed E-state index contributed by atoms with van der Waals surface area (Å²) in [6.07, 6.45) is -5.08. The summed E-state index contributed by atoms with van der Waals surface area (Å²) in [5.41, 5.74) is 0.750. The molecule has 2 aromatic rings. The molecule has 1 saturated carbocycles. The smallest absolute Gasteiger partial charge is 0.326 e. The van der Waals surface area contributed by atoms with Gasteiger partial charge < -0.3 is 5.32 Å². The first-order valence-corrected chi connectivity index (χ1v) is 12.5. The molecule has 198 valence electrons. The van der Waals surface area contributed by atoms with Gasteiger partial charge in [-0.05, 0) is 42.0 Å². The standard InChI is InChI=1S/C23H16Cl5F3N2O4/c24-12-3-10(4-13(25)6-12)18-19(23(18,27)28)20(35)32-14-1-2-16(26)15(7-14)17(34)5-11-8-37-33(21(11)36)9-22(29,30)31/h1-4,6-7,11,18-19H,5,8-9H2,(H,32,35). The maximum absolute atomic E-state index is 13.0. The fourth-order valence-electron chi connectivity index (χ4n) is 4.14. The van der Waals surface area contributed by atoms with Crippen molar-refractivity contribution in [3.63, 3.8) is 0 Å². The number of hydroxylamine groups is 2. The number of ketones is 1. The van der Waals surface area contributed by atoms with Crippen LogP contribution in [-0.2, 0) is 14.4 Å². The Hall–Kier alpha value is -1.75. The zero-order chi connectivity index (χ0) is 27.3. The molecule has 1 saturated heterocycles. The van der Waals surface area contributed by atoms with Crippen LogP contribution in [0.2, 0.25) is 15.1 Å². The Kier molecular flexibility index (Phi) is 7.97. The van der Waals surface area contributed by atoms with E-state index in [-0.39, 0.29) is 27.9 Å². The minimum atomic E-state index is -4.65. The summed E-state index contributed by atoms with van der Waals surface area (Å²) in [6, 6.07) is 8.85. The Morgan fingerprint density at radius 1 is 1.08 bits per heavy atom. The van der Waals surface area contributed by atoms with E-state index in [4.69, 9.17) is 62.8 Å². The minimum Gasteiger partial charge on any atom is -0.326 e. The number of anilines is 1. The first-order valence-electron chi connectivity index (χ1n) is 10.7. The number of nitrogens with one attached hydrogen (secondary N) is 1. The van der Waals surface area contributed by atoms with Crippen LogP contribution in [-0.4, -0.2) is 46.3 Å². The molecule has 0 aromatic heterocycles. The van der Waals surface area contributed by atoms with Gasteiger partial charge in [0.25, 0.3) is 5.91 Å². The number of nitrogens with zero attached hydrogens (tertiary/aromatic N) is 1. The fraction of sp³-hybridized carbons (Fsp3) is 0.348. The molecule has 2 amide bonds. The maximum atomic E-state index is 13.0. The molecule has 0 spiro atoms.